The molecule has 0 saturated carbocycles. The molecule has 4 nitrogen and oxygen atoms in total. The predicted molar refractivity (Wildman–Crippen MR) is 51.0 cm³/mol. The van der Waals surface area contributed by atoms with Gasteiger partial charge in [0.25, 0.3) is 0 Å². The van der Waals surface area contributed by atoms with Crippen LogP contribution in [0.4, 0.5) is 5.82 Å². The van der Waals surface area contributed by atoms with Crippen LogP contribution in [0.1, 0.15) is 5.69 Å². The van der Waals surface area contributed by atoms with E-state index in [1.54, 1.807) is 12.3 Å². The van der Waals surface area contributed by atoms with Crippen LogP contribution in [0.15, 0.2) is 24.5 Å². The van der Waals surface area contributed by atoms with Crippen LogP contribution >= 0.6 is 0 Å². The lowest BCUT2D eigenvalue weighted by molar-refractivity contribution is 1.09. The van der Waals surface area contributed by atoms with Crippen molar-refractivity contribution in [1.82, 2.24) is 15.2 Å². The SMILES string of the molecule is Cc1nc(N)ccc1-c1cn[nH]c1. The van der Waals surface area contributed by atoms with Crippen LogP contribution in [0.25, 0.3) is 11.1 Å². The average Bonchev–Trinajstić information content (AvgIpc) is 2.56. The third-order valence-electron chi connectivity index (χ3n) is 1.92. The zero-order chi connectivity index (χ0) is 9.26. The number of aromatic amines is 1. The highest BCUT2D eigenvalue weighted by Gasteiger charge is 2.03. The number of nitrogen functional groups attached to an aromatic ring is 1. The zero-order valence-corrected chi connectivity index (χ0v) is 7.28. The van der Waals surface area contributed by atoms with E-state index < -0.39 is 0 Å². The fourth-order valence-corrected chi connectivity index (χ4v) is 1.28. The summed E-state index contributed by atoms with van der Waals surface area (Å²) in [6.45, 7) is 1.93. The highest BCUT2D eigenvalue weighted by atomic mass is 15.1. The molecule has 0 fully saturated rings. The molecule has 0 aromatic carbocycles. The van der Waals surface area contributed by atoms with Crippen molar-refractivity contribution in [3.8, 4) is 11.1 Å². The minimum atomic E-state index is 0.546. The Bertz CT molecular complexity index is 406. The quantitative estimate of drug-likeness (QED) is 0.686. The second kappa shape index (κ2) is 2.90. The van der Waals surface area contributed by atoms with Gasteiger partial charge in [0.05, 0.1) is 6.20 Å². The van der Waals surface area contributed by atoms with Gasteiger partial charge in [-0.05, 0) is 19.1 Å². The molecule has 0 atom stereocenters. The number of nitrogens with two attached hydrogens (primary N) is 1. The lowest BCUT2D eigenvalue weighted by atomic mass is 10.1. The normalized spacial score (nSPS) is 10.2. The number of hydrogen-bond acceptors (Lipinski definition) is 3. The van der Waals surface area contributed by atoms with E-state index in [1.807, 2.05) is 19.2 Å². The summed E-state index contributed by atoms with van der Waals surface area (Å²) in [4.78, 5) is 4.17. The molecule has 2 heterocycles. The first kappa shape index (κ1) is 7.79. The molecular weight excluding hydrogens is 164 g/mol. The molecule has 0 bridgehead atoms. The Morgan fingerprint density at radius 1 is 1.38 bits per heavy atom. The Labute approximate surface area is 75.8 Å². The zero-order valence-electron chi connectivity index (χ0n) is 7.28. The molecule has 0 saturated heterocycles. The van der Waals surface area contributed by atoms with Crippen LogP contribution < -0.4 is 5.73 Å². The summed E-state index contributed by atoms with van der Waals surface area (Å²) >= 11 is 0. The van der Waals surface area contributed by atoms with Crippen LogP contribution in [0.2, 0.25) is 0 Å². The van der Waals surface area contributed by atoms with E-state index in [1.165, 1.54) is 0 Å². The van der Waals surface area contributed by atoms with Crippen molar-refractivity contribution in [2.24, 2.45) is 0 Å². The van der Waals surface area contributed by atoms with Gasteiger partial charge in [0, 0.05) is 23.0 Å². The lowest BCUT2D eigenvalue weighted by Crippen LogP contribution is -1.93. The Balaban J connectivity index is 2.53. The summed E-state index contributed by atoms with van der Waals surface area (Å²) in [5.41, 5.74) is 8.56. The fraction of sp³-hybridized carbons (Fsp3) is 0.111. The van der Waals surface area contributed by atoms with Crippen molar-refractivity contribution in [2.45, 2.75) is 6.92 Å². The molecule has 0 aliphatic heterocycles. The van der Waals surface area contributed by atoms with Gasteiger partial charge < -0.3 is 5.73 Å². The predicted octanol–water partition coefficient (Wildman–Crippen LogP) is 1.36. The number of hydrogen-bond donors (Lipinski definition) is 2. The molecule has 4 heteroatoms. The van der Waals surface area contributed by atoms with E-state index >= 15 is 0 Å². The molecule has 66 valence electrons. The molecule has 0 spiro atoms. The number of aromatic nitrogens is 3. The Kier molecular flexibility index (Phi) is 1.73. The summed E-state index contributed by atoms with van der Waals surface area (Å²) in [5, 5.41) is 6.64. The first-order valence-corrected chi connectivity index (χ1v) is 3.99. The monoisotopic (exact) mass is 174 g/mol. The number of nitrogens with zero attached hydrogens (tertiary/aromatic N) is 2. The molecular formula is C9H10N4. The topological polar surface area (TPSA) is 67.6 Å². The number of rotatable bonds is 1. The number of H-pyrrole nitrogens is 1. The van der Waals surface area contributed by atoms with Gasteiger partial charge in [0.15, 0.2) is 0 Å². The second-order valence-corrected chi connectivity index (χ2v) is 2.86. The van der Waals surface area contributed by atoms with Gasteiger partial charge in [0.2, 0.25) is 0 Å². The first-order valence-electron chi connectivity index (χ1n) is 3.99. The lowest BCUT2D eigenvalue weighted by Gasteiger charge is -2.02. The summed E-state index contributed by atoms with van der Waals surface area (Å²) in [6, 6.07) is 3.73. The maximum atomic E-state index is 5.55. The maximum Gasteiger partial charge on any atom is 0.123 e. The van der Waals surface area contributed by atoms with Crippen molar-refractivity contribution in [3.05, 3.63) is 30.2 Å². The number of nitrogens with one attached hydrogen (secondary N) is 1. The van der Waals surface area contributed by atoms with Gasteiger partial charge in [0.1, 0.15) is 5.82 Å². The molecule has 0 aliphatic rings. The third kappa shape index (κ3) is 1.38. The van der Waals surface area contributed by atoms with E-state index in [2.05, 4.69) is 15.2 Å². The largest absolute Gasteiger partial charge is 0.384 e. The van der Waals surface area contributed by atoms with E-state index in [4.69, 9.17) is 5.73 Å². The molecule has 0 unspecified atom stereocenters. The van der Waals surface area contributed by atoms with Gasteiger partial charge >= 0.3 is 0 Å². The van der Waals surface area contributed by atoms with Crippen molar-refractivity contribution in [2.75, 3.05) is 5.73 Å². The first-order chi connectivity index (χ1) is 6.27. The van der Waals surface area contributed by atoms with E-state index in [0.29, 0.717) is 5.82 Å². The van der Waals surface area contributed by atoms with Crippen LogP contribution in [-0.4, -0.2) is 15.2 Å². The van der Waals surface area contributed by atoms with Gasteiger partial charge in [-0.25, -0.2) is 4.98 Å². The van der Waals surface area contributed by atoms with Crippen molar-refractivity contribution >= 4 is 5.82 Å². The van der Waals surface area contributed by atoms with Crippen LogP contribution in [0, 0.1) is 6.92 Å². The van der Waals surface area contributed by atoms with Gasteiger partial charge in [-0.15, -0.1) is 0 Å². The summed E-state index contributed by atoms with van der Waals surface area (Å²) in [6.07, 6.45) is 3.60. The average molecular weight is 174 g/mol. The Hall–Kier alpha value is -1.84. The van der Waals surface area contributed by atoms with E-state index in [-0.39, 0.29) is 0 Å². The molecule has 2 aromatic heterocycles. The molecule has 0 radical (unpaired) electrons. The molecule has 2 aromatic rings. The summed E-state index contributed by atoms with van der Waals surface area (Å²) < 4.78 is 0. The summed E-state index contributed by atoms with van der Waals surface area (Å²) in [5.74, 6) is 0.546. The standard InChI is InChI=1S/C9H10N4/c1-6-8(2-3-9(10)13-6)7-4-11-12-5-7/h2-5H,1H3,(H2,10,13)(H,11,12). The Morgan fingerprint density at radius 3 is 2.85 bits per heavy atom. The maximum absolute atomic E-state index is 5.55. The minimum absolute atomic E-state index is 0.546. The molecule has 3 N–H and O–H groups in total. The second-order valence-electron chi connectivity index (χ2n) is 2.86. The van der Waals surface area contributed by atoms with Crippen LogP contribution in [-0.2, 0) is 0 Å². The molecule has 2 rings (SSSR count). The van der Waals surface area contributed by atoms with Crippen molar-refractivity contribution in [1.29, 1.82) is 0 Å². The molecule has 0 aliphatic carbocycles. The molecule has 13 heavy (non-hydrogen) atoms. The van der Waals surface area contributed by atoms with Gasteiger partial charge in [-0.1, -0.05) is 0 Å². The van der Waals surface area contributed by atoms with Crippen molar-refractivity contribution < 1.29 is 0 Å². The number of aryl methyl sites for hydroxylation is 1. The number of anilines is 1. The highest BCUT2D eigenvalue weighted by Crippen LogP contribution is 2.21. The van der Waals surface area contributed by atoms with E-state index in [0.717, 1.165) is 16.8 Å². The highest BCUT2D eigenvalue weighted by molar-refractivity contribution is 5.65. The smallest absolute Gasteiger partial charge is 0.123 e. The third-order valence-corrected chi connectivity index (χ3v) is 1.92. The Morgan fingerprint density at radius 2 is 2.23 bits per heavy atom. The van der Waals surface area contributed by atoms with Gasteiger partial charge in [-0.3, -0.25) is 5.10 Å². The molecule has 0 amide bonds. The summed E-state index contributed by atoms with van der Waals surface area (Å²) in [7, 11) is 0. The van der Waals surface area contributed by atoms with E-state index in [9.17, 15) is 0 Å². The number of pyridine rings is 1. The van der Waals surface area contributed by atoms with Crippen molar-refractivity contribution in [3.63, 3.8) is 0 Å². The van der Waals surface area contributed by atoms with Crippen LogP contribution in [0.3, 0.4) is 0 Å². The van der Waals surface area contributed by atoms with Gasteiger partial charge in [-0.2, -0.15) is 5.10 Å². The van der Waals surface area contributed by atoms with Crippen LogP contribution in [0.5, 0.6) is 0 Å². The minimum Gasteiger partial charge on any atom is -0.384 e. The fourth-order valence-electron chi connectivity index (χ4n) is 1.28.